The van der Waals surface area contributed by atoms with Gasteiger partial charge in [0.05, 0.1) is 12.6 Å². The molecular weight excluding hydrogens is 313 g/mol. The smallest absolute Gasteiger partial charge is 0.549 e. The summed E-state index contributed by atoms with van der Waals surface area (Å²) in [5, 5.41) is 11.7. The van der Waals surface area contributed by atoms with E-state index in [9.17, 15) is 9.90 Å². The maximum atomic E-state index is 11.7. The number of hydrogen-bond donors (Lipinski definition) is 0. The van der Waals surface area contributed by atoms with Gasteiger partial charge in [0.15, 0.2) is 0 Å². The summed E-state index contributed by atoms with van der Waals surface area (Å²) in [7, 11) is 0. The topological polar surface area (TPSA) is 71.5 Å². The standard InChI is InChI=1S/C19H27NO4.Li/c21-18(22)19(9-12-23-13-10-19)16-6-7-17(20-14-16)24-11-8-15-4-2-1-3-5-15;/h6-7,14-15H,1-5,8-13H2,(H,21,22);/q;+1/p-1. The van der Waals surface area contributed by atoms with Crippen molar-refractivity contribution in [2.75, 3.05) is 19.8 Å². The Morgan fingerprint density at radius 3 is 2.56 bits per heavy atom. The van der Waals surface area contributed by atoms with Crippen LogP contribution in [-0.2, 0) is 14.9 Å². The van der Waals surface area contributed by atoms with Crippen molar-refractivity contribution in [2.45, 2.75) is 56.8 Å². The van der Waals surface area contributed by atoms with E-state index in [2.05, 4.69) is 4.98 Å². The minimum Gasteiger partial charge on any atom is -0.549 e. The van der Waals surface area contributed by atoms with Crippen molar-refractivity contribution < 1.29 is 38.2 Å². The summed E-state index contributed by atoms with van der Waals surface area (Å²) in [4.78, 5) is 16.0. The molecule has 1 saturated heterocycles. The molecule has 0 atom stereocenters. The molecule has 1 aromatic rings. The third-order valence-corrected chi connectivity index (χ3v) is 5.53. The molecule has 6 heteroatoms. The molecule has 3 rings (SSSR count). The quantitative estimate of drug-likeness (QED) is 0.637. The summed E-state index contributed by atoms with van der Waals surface area (Å²) in [6.45, 7) is 1.55. The van der Waals surface area contributed by atoms with Crippen molar-refractivity contribution >= 4 is 5.97 Å². The van der Waals surface area contributed by atoms with Crippen LogP contribution in [0, 0.1) is 5.92 Å². The molecular formula is C19H26LiNO4. The van der Waals surface area contributed by atoms with Gasteiger partial charge in [-0.1, -0.05) is 38.2 Å². The van der Waals surface area contributed by atoms with E-state index in [1.807, 2.05) is 6.07 Å². The fourth-order valence-corrected chi connectivity index (χ4v) is 3.89. The van der Waals surface area contributed by atoms with Gasteiger partial charge in [-0.3, -0.25) is 0 Å². The van der Waals surface area contributed by atoms with Crippen LogP contribution in [0.5, 0.6) is 5.88 Å². The van der Waals surface area contributed by atoms with E-state index in [0.717, 1.165) is 12.3 Å². The molecule has 25 heavy (non-hydrogen) atoms. The van der Waals surface area contributed by atoms with Crippen LogP contribution in [0.4, 0.5) is 0 Å². The molecule has 132 valence electrons. The van der Waals surface area contributed by atoms with Crippen LogP contribution >= 0.6 is 0 Å². The number of hydrogen-bond acceptors (Lipinski definition) is 5. The summed E-state index contributed by atoms with van der Waals surface area (Å²) in [5.41, 5.74) is -0.295. The summed E-state index contributed by atoms with van der Waals surface area (Å²) in [6.07, 6.45) is 10.2. The first-order valence-corrected chi connectivity index (χ1v) is 9.09. The van der Waals surface area contributed by atoms with Crippen molar-refractivity contribution in [2.24, 2.45) is 5.92 Å². The first kappa shape index (κ1) is 20.3. The van der Waals surface area contributed by atoms with Gasteiger partial charge < -0.3 is 19.4 Å². The molecule has 5 nitrogen and oxygen atoms in total. The van der Waals surface area contributed by atoms with Crippen LogP contribution in [0.25, 0.3) is 0 Å². The Morgan fingerprint density at radius 2 is 1.96 bits per heavy atom. The Morgan fingerprint density at radius 1 is 1.24 bits per heavy atom. The zero-order valence-electron chi connectivity index (χ0n) is 15.2. The van der Waals surface area contributed by atoms with E-state index in [1.54, 1.807) is 12.3 Å². The van der Waals surface area contributed by atoms with Crippen LogP contribution in [-0.4, -0.2) is 30.8 Å². The average molecular weight is 339 g/mol. The van der Waals surface area contributed by atoms with E-state index in [-0.39, 0.29) is 18.9 Å². The molecule has 2 fully saturated rings. The number of carbonyl (C=O) groups is 1. The third-order valence-electron chi connectivity index (χ3n) is 5.53. The van der Waals surface area contributed by atoms with Crippen molar-refractivity contribution in [1.29, 1.82) is 0 Å². The molecule has 0 radical (unpaired) electrons. The number of carboxylic acid groups (broad SMARTS) is 1. The van der Waals surface area contributed by atoms with Gasteiger partial charge in [0, 0.05) is 30.9 Å². The largest absolute Gasteiger partial charge is 1.00 e. The predicted octanol–water partition coefficient (Wildman–Crippen LogP) is -0.767. The summed E-state index contributed by atoms with van der Waals surface area (Å²) in [5.74, 6) is 0.301. The van der Waals surface area contributed by atoms with E-state index < -0.39 is 11.4 Å². The maximum absolute atomic E-state index is 11.7. The van der Waals surface area contributed by atoms with Crippen molar-refractivity contribution in [1.82, 2.24) is 4.98 Å². The minimum atomic E-state index is -1.04. The summed E-state index contributed by atoms with van der Waals surface area (Å²) in [6, 6.07) is 3.58. The fraction of sp³-hybridized carbons (Fsp3) is 0.684. The zero-order valence-corrected chi connectivity index (χ0v) is 15.2. The van der Waals surface area contributed by atoms with Crippen LogP contribution < -0.4 is 28.7 Å². The SMILES string of the molecule is O=C([O-])C1(c2ccc(OCCC3CCCCC3)nc2)CCOCC1.[Li+]. The molecule has 1 aromatic heterocycles. The fourth-order valence-electron chi connectivity index (χ4n) is 3.89. The number of carboxylic acids is 1. The zero-order chi connectivity index (χ0) is 16.8. The number of aliphatic carboxylic acids is 1. The molecule has 2 heterocycles. The first-order chi connectivity index (χ1) is 11.7. The number of carbonyl (C=O) groups excluding carboxylic acids is 1. The van der Waals surface area contributed by atoms with E-state index in [0.29, 0.717) is 44.1 Å². The molecule has 1 aliphatic carbocycles. The maximum Gasteiger partial charge on any atom is 1.00 e. The van der Waals surface area contributed by atoms with Gasteiger partial charge in [0.1, 0.15) is 0 Å². The molecule has 0 spiro atoms. The van der Waals surface area contributed by atoms with Gasteiger partial charge in [-0.25, -0.2) is 4.98 Å². The van der Waals surface area contributed by atoms with E-state index >= 15 is 0 Å². The molecule has 1 aliphatic heterocycles. The number of rotatable bonds is 6. The summed E-state index contributed by atoms with van der Waals surface area (Å²) < 4.78 is 11.0. The molecule has 0 amide bonds. The van der Waals surface area contributed by atoms with Crippen LogP contribution in [0.1, 0.15) is 56.9 Å². The monoisotopic (exact) mass is 339 g/mol. The van der Waals surface area contributed by atoms with Crippen molar-refractivity contribution in [3.8, 4) is 5.88 Å². The molecule has 0 unspecified atom stereocenters. The number of nitrogens with zero attached hydrogens (tertiary/aromatic N) is 1. The normalized spacial score (nSPS) is 20.5. The first-order valence-electron chi connectivity index (χ1n) is 9.09. The molecule has 0 N–H and O–H groups in total. The Balaban J connectivity index is 0.00000225. The summed E-state index contributed by atoms with van der Waals surface area (Å²) >= 11 is 0. The second-order valence-electron chi connectivity index (χ2n) is 7.01. The molecule has 1 saturated carbocycles. The van der Waals surface area contributed by atoms with Gasteiger partial charge in [-0.15, -0.1) is 0 Å². The van der Waals surface area contributed by atoms with E-state index in [4.69, 9.17) is 9.47 Å². The Labute approximate surface area is 161 Å². The third kappa shape index (κ3) is 5.00. The number of ether oxygens (including phenoxy) is 2. The van der Waals surface area contributed by atoms with Gasteiger partial charge in [-0.2, -0.15) is 0 Å². The van der Waals surface area contributed by atoms with Crippen LogP contribution in [0.2, 0.25) is 0 Å². The second kappa shape index (κ2) is 9.61. The second-order valence-corrected chi connectivity index (χ2v) is 7.01. The number of pyridine rings is 1. The molecule has 2 aliphatic rings. The van der Waals surface area contributed by atoms with Gasteiger partial charge in [-0.05, 0) is 30.7 Å². The van der Waals surface area contributed by atoms with E-state index in [1.165, 1.54) is 32.1 Å². The molecule has 0 aromatic carbocycles. The van der Waals surface area contributed by atoms with Gasteiger partial charge in [0.25, 0.3) is 0 Å². The number of aromatic nitrogens is 1. The average Bonchev–Trinajstić information content (AvgIpc) is 2.64. The van der Waals surface area contributed by atoms with Crippen LogP contribution in [0.15, 0.2) is 18.3 Å². The van der Waals surface area contributed by atoms with Gasteiger partial charge in [0.2, 0.25) is 5.88 Å². The van der Waals surface area contributed by atoms with Crippen molar-refractivity contribution in [3.63, 3.8) is 0 Å². The Hall–Kier alpha value is -1.02. The Kier molecular flexibility index (Phi) is 7.80. The minimum absolute atomic E-state index is 0. The molecule has 0 bridgehead atoms. The van der Waals surface area contributed by atoms with Crippen LogP contribution in [0.3, 0.4) is 0 Å². The van der Waals surface area contributed by atoms with Crippen molar-refractivity contribution in [3.05, 3.63) is 23.9 Å². The Bertz CT molecular complexity index is 537. The van der Waals surface area contributed by atoms with Gasteiger partial charge >= 0.3 is 18.9 Å². The predicted molar refractivity (Wildman–Crippen MR) is 87.7 cm³/mol.